The van der Waals surface area contributed by atoms with Gasteiger partial charge in [-0.2, -0.15) is 0 Å². The summed E-state index contributed by atoms with van der Waals surface area (Å²) in [5.74, 6) is 0.665. The zero-order chi connectivity index (χ0) is 13.7. The maximum Gasteiger partial charge on any atom is 0.325 e. The number of carboxylic acid groups (broad SMARTS) is 1. The van der Waals surface area contributed by atoms with E-state index in [2.05, 4.69) is 12.2 Å². The lowest BCUT2D eigenvalue weighted by Gasteiger charge is -2.27. The van der Waals surface area contributed by atoms with Gasteiger partial charge in [-0.3, -0.25) is 4.79 Å². The summed E-state index contributed by atoms with van der Waals surface area (Å²) < 4.78 is 0. The van der Waals surface area contributed by atoms with E-state index in [4.69, 9.17) is 0 Å². The summed E-state index contributed by atoms with van der Waals surface area (Å²) in [5.41, 5.74) is 0.833. The first-order chi connectivity index (χ1) is 9.16. The van der Waals surface area contributed by atoms with Gasteiger partial charge in [-0.15, -0.1) is 0 Å². The second-order valence-corrected chi connectivity index (χ2v) is 5.72. The van der Waals surface area contributed by atoms with E-state index in [1.54, 1.807) is 0 Å². The molecule has 0 saturated heterocycles. The molecule has 0 spiro atoms. The van der Waals surface area contributed by atoms with Crippen LogP contribution in [0, 0.1) is 11.8 Å². The predicted molar refractivity (Wildman–Crippen MR) is 75.9 cm³/mol. The van der Waals surface area contributed by atoms with Crippen molar-refractivity contribution in [3.8, 4) is 0 Å². The molecule has 1 aromatic carbocycles. The van der Waals surface area contributed by atoms with Crippen molar-refractivity contribution >= 4 is 5.97 Å². The van der Waals surface area contributed by atoms with Gasteiger partial charge >= 0.3 is 5.97 Å². The first kappa shape index (κ1) is 14.1. The molecule has 0 bridgehead atoms. The molecule has 0 aliphatic heterocycles. The van der Waals surface area contributed by atoms with E-state index >= 15 is 0 Å². The molecule has 0 unspecified atom stereocenters. The Morgan fingerprint density at radius 2 is 1.89 bits per heavy atom. The van der Waals surface area contributed by atoms with Gasteiger partial charge in [0.1, 0.15) is 6.04 Å². The van der Waals surface area contributed by atoms with Crippen molar-refractivity contribution in [1.82, 2.24) is 5.32 Å². The van der Waals surface area contributed by atoms with Crippen LogP contribution in [-0.4, -0.2) is 17.6 Å². The van der Waals surface area contributed by atoms with Gasteiger partial charge in [-0.1, -0.05) is 50.1 Å². The Labute approximate surface area is 115 Å². The van der Waals surface area contributed by atoms with E-state index in [0.717, 1.165) is 18.0 Å². The molecule has 1 aliphatic carbocycles. The van der Waals surface area contributed by atoms with Crippen LogP contribution in [0.15, 0.2) is 30.3 Å². The van der Waals surface area contributed by atoms with E-state index in [1.165, 1.54) is 25.7 Å². The number of hydrogen-bond acceptors (Lipinski definition) is 2. The van der Waals surface area contributed by atoms with Crippen LogP contribution in [0.4, 0.5) is 0 Å². The summed E-state index contributed by atoms with van der Waals surface area (Å²) in [6, 6.07) is 8.83. The highest BCUT2D eigenvalue weighted by molar-refractivity contribution is 5.75. The van der Waals surface area contributed by atoms with Crippen LogP contribution in [-0.2, 0) is 4.79 Å². The van der Waals surface area contributed by atoms with Gasteiger partial charge in [0, 0.05) is 0 Å². The first-order valence-electron chi connectivity index (χ1n) is 7.18. The smallest absolute Gasteiger partial charge is 0.325 e. The van der Waals surface area contributed by atoms with Crippen molar-refractivity contribution in [3.63, 3.8) is 0 Å². The summed E-state index contributed by atoms with van der Waals surface area (Å²) in [6.45, 7) is 3.10. The van der Waals surface area contributed by atoms with E-state index in [-0.39, 0.29) is 0 Å². The van der Waals surface area contributed by atoms with Crippen LogP contribution >= 0.6 is 0 Å². The third-order valence-electron chi connectivity index (χ3n) is 4.13. The van der Waals surface area contributed by atoms with E-state index in [1.807, 2.05) is 30.3 Å². The molecular weight excluding hydrogens is 238 g/mol. The summed E-state index contributed by atoms with van der Waals surface area (Å²) in [7, 11) is 0. The van der Waals surface area contributed by atoms with Crippen molar-refractivity contribution in [3.05, 3.63) is 35.9 Å². The van der Waals surface area contributed by atoms with Gasteiger partial charge in [0.05, 0.1) is 0 Å². The molecule has 1 aromatic rings. The minimum Gasteiger partial charge on any atom is -0.480 e. The molecule has 2 N–H and O–H groups in total. The Kier molecular flexibility index (Phi) is 4.97. The highest BCUT2D eigenvalue weighted by atomic mass is 16.4. The van der Waals surface area contributed by atoms with Crippen LogP contribution in [0.25, 0.3) is 0 Å². The van der Waals surface area contributed by atoms with Crippen molar-refractivity contribution in [2.24, 2.45) is 11.8 Å². The Morgan fingerprint density at radius 3 is 2.47 bits per heavy atom. The third-order valence-corrected chi connectivity index (χ3v) is 4.13. The average Bonchev–Trinajstić information content (AvgIpc) is 2.42. The molecule has 0 aromatic heterocycles. The third kappa shape index (κ3) is 4.06. The molecule has 3 nitrogen and oxygen atoms in total. The zero-order valence-corrected chi connectivity index (χ0v) is 11.5. The largest absolute Gasteiger partial charge is 0.480 e. The highest BCUT2D eigenvalue weighted by Gasteiger charge is 2.23. The van der Waals surface area contributed by atoms with Crippen LogP contribution in [0.3, 0.4) is 0 Å². The molecule has 19 heavy (non-hydrogen) atoms. The molecule has 0 radical (unpaired) electrons. The maximum absolute atomic E-state index is 11.4. The van der Waals surface area contributed by atoms with Crippen molar-refractivity contribution in [2.45, 2.75) is 38.6 Å². The van der Waals surface area contributed by atoms with Gasteiger partial charge in [-0.25, -0.2) is 0 Å². The lowest BCUT2D eigenvalue weighted by atomic mass is 9.83. The topological polar surface area (TPSA) is 49.3 Å². The monoisotopic (exact) mass is 261 g/mol. The average molecular weight is 261 g/mol. The molecule has 3 heteroatoms. The first-order valence-corrected chi connectivity index (χ1v) is 7.18. The van der Waals surface area contributed by atoms with Crippen molar-refractivity contribution in [2.75, 3.05) is 6.54 Å². The number of carboxylic acids is 1. The van der Waals surface area contributed by atoms with Crippen LogP contribution in [0.2, 0.25) is 0 Å². The summed E-state index contributed by atoms with van der Waals surface area (Å²) >= 11 is 0. The Bertz CT molecular complexity index is 396. The molecule has 2 rings (SSSR count). The van der Waals surface area contributed by atoms with Gasteiger partial charge in [0.2, 0.25) is 0 Å². The number of rotatable bonds is 5. The van der Waals surface area contributed by atoms with Gasteiger partial charge in [-0.05, 0) is 36.8 Å². The molecule has 1 fully saturated rings. The number of hydrogen-bond donors (Lipinski definition) is 2. The fourth-order valence-corrected chi connectivity index (χ4v) is 2.81. The Hall–Kier alpha value is -1.35. The number of carbonyl (C=O) groups is 1. The Balaban J connectivity index is 1.90. The normalized spacial score (nSPS) is 24.9. The maximum atomic E-state index is 11.4. The lowest BCUT2D eigenvalue weighted by Crippen LogP contribution is -2.33. The summed E-state index contributed by atoms with van der Waals surface area (Å²) in [5, 5.41) is 12.6. The van der Waals surface area contributed by atoms with E-state index < -0.39 is 12.0 Å². The molecule has 0 heterocycles. The fraction of sp³-hybridized carbons (Fsp3) is 0.562. The summed E-state index contributed by atoms with van der Waals surface area (Å²) in [4.78, 5) is 11.4. The standard InChI is InChI=1S/C16H23NO2/c1-12-7-9-13(10-8-12)11-17-15(16(18)19)14-5-3-2-4-6-14/h2-6,12-13,15,17H,7-11H2,1H3,(H,18,19)/t12?,13?,15-/m1/s1. The molecule has 0 amide bonds. The minimum atomic E-state index is -0.796. The zero-order valence-electron chi connectivity index (χ0n) is 11.5. The summed E-state index contributed by atoms with van der Waals surface area (Å²) in [6.07, 6.45) is 4.98. The molecule has 1 atom stereocenters. The van der Waals surface area contributed by atoms with Gasteiger partial charge in [0.25, 0.3) is 0 Å². The quantitative estimate of drug-likeness (QED) is 0.855. The van der Waals surface area contributed by atoms with Crippen LogP contribution in [0.5, 0.6) is 0 Å². The van der Waals surface area contributed by atoms with Crippen LogP contribution in [0.1, 0.15) is 44.2 Å². The van der Waals surface area contributed by atoms with Gasteiger partial charge in [0.15, 0.2) is 0 Å². The van der Waals surface area contributed by atoms with Gasteiger partial charge < -0.3 is 10.4 Å². The molecule has 1 saturated carbocycles. The number of benzene rings is 1. The molecule has 104 valence electrons. The molecular formula is C16H23NO2. The van der Waals surface area contributed by atoms with Crippen molar-refractivity contribution < 1.29 is 9.90 Å². The van der Waals surface area contributed by atoms with Crippen LogP contribution < -0.4 is 5.32 Å². The predicted octanol–water partition coefficient (Wildman–Crippen LogP) is 3.23. The second kappa shape index (κ2) is 6.71. The van der Waals surface area contributed by atoms with E-state index in [9.17, 15) is 9.90 Å². The minimum absolute atomic E-state index is 0.583. The highest BCUT2D eigenvalue weighted by Crippen LogP contribution is 2.28. The van der Waals surface area contributed by atoms with Crippen molar-refractivity contribution in [1.29, 1.82) is 0 Å². The SMILES string of the molecule is CC1CCC(CN[C@@H](C(=O)O)c2ccccc2)CC1. The number of aliphatic carboxylic acids is 1. The molecule has 1 aliphatic rings. The van der Waals surface area contributed by atoms with E-state index in [0.29, 0.717) is 5.92 Å². The fourth-order valence-electron chi connectivity index (χ4n) is 2.81. The Morgan fingerprint density at radius 1 is 1.26 bits per heavy atom. The number of nitrogens with one attached hydrogen (secondary N) is 1. The second-order valence-electron chi connectivity index (χ2n) is 5.72. The lowest BCUT2D eigenvalue weighted by molar-refractivity contribution is -0.139.